The molecule has 1 aromatic carbocycles. The monoisotopic (exact) mass is 491 g/mol. The van der Waals surface area contributed by atoms with Crippen molar-refractivity contribution < 1.29 is 17.9 Å². The lowest BCUT2D eigenvalue weighted by atomic mass is 10.1. The Labute approximate surface area is 201 Å². The summed E-state index contributed by atoms with van der Waals surface area (Å²) < 4.78 is 33.7. The second-order valence-electron chi connectivity index (χ2n) is 8.65. The van der Waals surface area contributed by atoms with Gasteiger partial charge < -0.3 is 9.64 Å². The number of piperazine rings is 1. The van der Waals surface area contributed by atoms with E-state index in [1.54, 1.807) is 27.8 Å². The minimum absolute atomic E-state index is 0.0901. The first kappa shape index (κ1) is 24.2. The lowest BCUT2D eigenvalue weighted by Crippen LogP contribution is -2.49. The maximum Gasteiger partial charge on any atom is 0.253 e. The molecule has 2 saturated heterocycles. The van der Waals surface area contributed by atoms with Gasteiger partial charge in [0.1, 0.15) is 10.6 Å². The Hall–Kier alpha value is -1.94. The molecule has 0 atom stereocenters. The SMILES string of the molecule is COc1ccc(C(=O)N2CCN(CCc3cccs3)CC2)cc1S(=O)(=O)N1CCCCCC1. The van der Waals surface area contributed by atoms with E-state index in [-0.39, 0.29) is 16.6 Å². The quantitative estimate of drug-likeness (QED) is 0.594. The predicted octanol–water partition coefficient (Wildman–Crippen LogP) is 3.32. The van der Waals surface area contributed by atoms with E-state index in [4.69, 9.17) is 4.74 Å². The van der Waals surface area contributed by atoms with Crippen molar-refractivity contribution in [1.82, 2.24) is 14.1 Å². The second kappa shape index (κ2) is 11.0. The summed E-state index contributed by atoms with van der Waals surface area (Å²) in [5.74, 6) is 0.164. The lowest BCUT2D eigenvalue weighted by molar-refractivity contribution is 0.0638. The second-order valence-corrected chi connectivity index (χ2v) is 11.6. The third-order valence-corrected chi connectivity index (χ3v) is 9.36. The van der Waals surface area contributed by atoms with Gasteiger partial charge in [-0.2, -0.15) is 4.31 Å². The number of rotatable bonds is 7. The van der Waals surface area contributed by atoms with Gasteiger partial charge in [-0.3, -0.25) is 9.69 Å². The number of carbonyl (C=O) groups is 1. The average molecular weight is 492 g/mol. The molecule has 3 heterocycles. The topological polar surface area (TPSA) is 70.2 Å². The van der Waals surface area contributed by atoms with E-state index in [0.29, 0.717) is 31.7 Å². The zero-order valence-electron chi connectivity index (χ0n) is 19.2. The average Bonchev–Trinajstić information content (AvgIpc) is 3.21. The number of sulfonamides is 1. The van der Waals surface area contributed by atoms with Gasteiger partial charge >= 0.3 is 0 Å². The zero-order valence-corrected chi connectivity index (χ0v) is 20.9. The van der Waals surface area contributed by atoms with Crippen LogP contribution in [0.3, 0.4) is 0 Å². The zero-order chi connectivity index (χ0) is 23.3. The molecule has 0 unspecified atom stereocenters. The van der Waals surface area contributed by atoms with Gasteiger partial charge in [-0.05, 0) is 48.9 Å². The van der Waals surface area contributed by atoms with E-state index in [2.05, 4.69) is 22.4 Å². The predicted molar refractivity (Wildman–Crippen MR) is 131 cm³/mol. The van der Waals surface area contributed by atoms with Gasteiger partial charge in [-0.25, -0.2) is 8.42 Å². The fourth-order valence-corrected chi connectivity index (χ4v) is 6.91. The Bertz CT molecular complexity index is 1020. The number of methoxy groups -OCH3 is 1. The summed E-state index contributed by atoms with van der Waals surface area (Å²) in [5.41, 5.74) is 0.399. The van der Waals surface area contributed by atoms with Gasteiger partial charge in [0, 0.05) is 56.3 Å². The van der Waals surface area contributed by atoms with Crippen LogP contribution in [-0.4, -0.2) is 81.4 Å². The number of thiophene rings is 1. The highest BCUT2D eigenvalue weighted by atomic mass is 32.2. The number of nitrogens with zero attached hydrogens (tertiary/aromatic N) is 3. The van der Waals surface area contributed by atoms with Gasteiger partial charge in [0.2, 0.25) is 10.0 Å². The minimum atomic E-state index is -3.72. The van der Waals surface area contributed by atoms with Gasteiger partial charge in [0.15, 0.2) is 0 Å². The van der Waals surface area contributed by atoms with E-state index < -0.39 is 10.0 Å². The van der Waals surface area contributed by atoms with Crippen LogP contribution in [0.15, 0.2) is 40.6 Å². The number of ether oxygens (including phenoxy) is 1. The van der Waals surface area contributed by atoms with Crippen molar-refractivity contribution in [2.75, 3.05) is 52.9 Å². The first-order valence-electron chi connectivity index (χ1n) is 11.7. The molecule has 4 rings (SSSR count). The van der Waals surface area contributed by atoms with Crippen molar-refractivity contribution in [3.63, 3.8) is 0 Å². The maximum atomic E-state index is 13.4. The number of carbonyl (C=O) groups excluding carboxylic acids is 1. The normalized spacial score (nSPS) is 18.8. The molecule has 1 aromatic heterocycles. The molecule has 9 heteroatoms. The number of amides is 1. The standard InChI is InChI=1S/C24H33N3O4S2/c1-31-22-9-8-20(19-23(22)33(29,30)27-11-4-2-3-5-12-27)24(28)26-16-14-25(15-17-26)13-10-21-7-6-18-32-21/h6-9,18-19H,2-5,10-17H2,1H3. The summed E-state index contributed by atoms with van der Waals surface area (Å²) in [7, 11) is -2.26. The summed E-state index contributed by atoms with van der Waals surface area (Å²) in [6.07, 6.45) is 4.83. The molecular formula is C24H33N3O4S2. The van der Waals surface area contributed by atoms with Gasteiger partial charge in [0.25, 0.3) is 5.91 Å². The van der Waals surface area contributed by atoms with E-state index in [9.17, 15) is 13.2 Å². The fourth-order valence-electron chi connectivity index (χ4n) is 4.51. The van der Waals surface area contributed by atoms with Gasteiger partial charge in [0.05, 0.1) is 7.11 Å². The third-order valence-electron chi connectivity index (χ3n) is 6.51. The largest absolute Gasteiger partial charge is 0.495 e. The Morgan fingerprint density at radius 3 is 2.36 bits per heavy atom. The van der Waals surface area contributed by atoms with Gasteiger partial charge in [-0.1, -0.05) is 18.9 Å². The summed E-state index contributed by atoms with van der Waals surface area (Å²) in [4.78, 5) is 18.9. The molecule has 2 fully saturated rings. The Morgan fingerprint density at radius 1 is 1.00 bits per heavy atom. The highest BCUT2D eigenvalue weighted by Crippen LogP contribution is 2.30. The van der Waals surface area contributed by atoms with Crippen LogP contribution >= 0.6 is 11.3 Å². The molecule has 7 nitrogen and oxygen atoms in total. The number of hydrogen-bond donors (Lipinski definition) is 0. The highest BCUT2D eigenvalue weighted by molar-refractivity contribution is 7.89. The third kappa shape index (κ3) is 5.77. The molecule has 0 bridgehead atoms. The molecule has 0 N–H and O–H groups in total. The molecule has 33 heavy (non-hydrogen) atoms. The van der Waals surface area contributed by atoms with Crippen LogP contribution in [0.4, 0.5) is 0 Å². The minimum Gasteiger partial charge on any atom is -0.495 e. The van der Waals surface area contributed by atoms with Crippen molar-refractivity contribution in [3.05, 3.63) is 46.2 Å². The first-order valence-corrected chi connectivity index (χ1v) is 14.0. The summed E-state index contributed by atoms with van der Waals surface area (Å²) in [6, 6.07) is 9.02. The Balaban J connectivity index is 1.44. The van der Waals surface area contributed by atoms with Crippen LogP contribution in [0.1, 0.15) is 40.9 Å². The van der Waals surface area contributed by atoms with Gasteiger partial charge in [-0.15, -0.1) is 11.3 Å². The first-order chi connectivity index (χ1) is 16.0. The molecule has 180 valence electrons. The van der Waals surface area contributed by atoms with Crippen LogP contribution in [0, 0.1) is 0 Å². The molecule has 0 spiro atoms. The molecule has 0 saturated carbocycles. The molecule has 2 aliphatic rings. The Morgan fingerprint density at radius 2 is 1.73 bits per heavy atom. The molecule has 0 radical (unpaired) electrons. The van der Waals surface area contributed by atoms with E-state index >= 15 is 0 Å². The maximum absolute atomic E-state index is 13.4. The van der Waals surface area contributed by atoms with Crippen LogP contribution in [0.5, 0.6) is 5.75 Å². The van der Waals surface area contributed by atoms with E-state index in [0.717, 1.165) is 51.7 Å². The van der Waals surface area contributed by atoms with Crippen molar-refractivity contribution >= 4 is 27.3 Å². The van der Waals surface area contributed by atoms with Crippen LogP contribution in [0.25, 0.3) is 0 Å². The van der Waals surface area contributed by atoms with Crippen molar-refractivity contribution in [2.24, 2.45) is 0 Å². The molecule has 0 aliphatic carbocycles. The summed E-state index contributed by atoms with van der Waals surface area (Å²) >= 11 is 1.78. The molecule has 2 aliphatic heterocycles. The van der Waals surface area contributed by atoms with E-state index in [1.165, 1.54) is 18.1 Å². The lowest BCUT2D eigenvalue weighted by Gasteiger charge is -2.34. The van der Waals surface area contributed by atoms with Crippen LogP contribution < -0.4 is 4.74 Å². The summed E-state index contributed by atoms with van der Waals surface area (Å²) in [5, 5.41) is 2.10. The van der Waals surface area contributed by atoms with Crippen molar-refractivity contribution in [3.8, 4) is 5.75 Å². The highest BCUT2D eigenvalue weighted by Gasteiger charge is 2.30. The molecule has 1 amide bonds. The Kier molecular flexibility index (Phi) is 8.06. The fraction of sp³-hybridized carbons (Fsp3) is 0.542. The van der Waals surface area contributed by atoms with Crippen molar-refractivity contribution in [2.45, 2.75) is 37.0 Å². The molecule has 2 aromatic rings. The summed E-state index contributed by atoms with van der Waals surface area (Å²) in [6.45, 7) is 4.95. The number of hydrogen-bond acceptors (Lipinski definition) is 6. The van der Waals surface area contributed by atoms with Crippen LogP contribution in [0.2, 0.25) is 0 Å². The van der Waals surface area contributed by atoms with Crippen molar-refractivity contribution in [1.29, 1.82) is 0 Å². The van der Waals surface area contributed by atoms with Crippen LogP contribution in [-0.2, 0) is 16.4 Å². The molecular weight excluding hydrogens is 458 g/mol. The number of benzene rings is 1. The van der Waals surface area contributed by atoms with E-state index in [1.807, 2.05) is 4.90 Å². The smallest absolute Gasteiger partial charge is 0.253 e.